The molecule has 0 aliphatic heterocycles. The van der Waals surface area contributed by atoms with E-state index >= 15 is 0 Å². The predicted octanol–water partition coefficient (Wildman–Crippen LogP) is 3.28. The molecule has 3 aromatic rings. The molecule has 25 heavy (non-hydrogen) atoms. The Morgan fingerprint density at radius 2 is 1.96 bits per heavy atom. The summed E-state index contributed by atoms with van der Waals surface area (Å²) in [5.41, 5.74) is 2.91. The van der Waals surface area contributed by atoms with Gasteiger partial charge < -0.3 is 4.90 Å². The molecule has 0 N–H and O–H groups in total. The molecule has 1 amide bonds. The van der Waals surface area contributed by atoms with E-state index < -0.39 is 0 Å². The molecule has 0 fully saturated rings. The highest BCUT2D eigenvalue weighted by molar-refractivity contribution is 6.30. The number of amides is 1. The van der Waals surface area contributed by atoms with Gasteiger partial charge in [0.25, 0.3) is 5.91 Å². The smallest absolute Gasteiger partial charge is 0.276 e. The van der Waals surface area contributed by atoms with Gasteiger partial charge in [-0.1, -0.05) is 23.7 Å². The first-order valence-corrected chi connectivity index (χ1v) is 7.80. The van der Waals surface area contributed by atoms with Crippen LogP contribution in [0.1, 0.15) is 16.1 Å². The zero-order chi connectivity index (χ0) is 18.0. The van der Waals surface area contributed by atoms with Crippen LogP contribution in [0.5, 0.6) is 0 Å². The lowest BCUT2D eigenvalue weighted by atomic mass is 10.1. The van der Waals surface area contributed by atoms with Gasteiger partial charge >= 0.3 is 0 Å². The fourth-order valence-electron chi connectivity index (χ4n) is 2.39. The van der Waals surface area contributed by atoms with Crippen LogP contribution in [0.15, 0.2) is 48.8 Å². The Morgan fingerprint density at radius 3 is 2.64 bits per heavy atom. The van der Waals surface area contributed by atoms with Gasteiger partial charge in [0.05, 0.1) is 23.1 Å². The van der Waals surface area contributed by atoms with Crippen molar-refractivity contribution < 1.29 is 4.79 Å². The Morgan fingerprint density at radius 1 is 1.24 bits per heavy atom. The van der Waals surface area contributed by atoms with Crippen molar-refractivity contribution in [1.29, 1.82) is 5.26 Å². The van der Waals surface area contributed by atoms with Crippen molar-refractivity contribution in [3.8, 4) is 17.3 Å². The summed E-state index contributed by atoms with van der Waals surface area (Å²) in [5, 5.41) is 14.0. The van der Waals surface area contributed by atoms with Crippen LogP contribution < -0.4 is 4.90 Å². The van der Waals surface area contributed by atoms with Crippen molar-refractivity contribution in [2.24, 2.45) is 7.05 Å². The molecule has 3 rings (SSSR count). The van der Waals surface area contributed by atoms with E-state index in [-0.39, 0.29) is 5.91 Å². The minimum atomic E-state index is -0.243. The van der Waals surface area contributed by atoms with E-state index in [2.05, 4.69) is 10.1 Å². The third-order valence-electron chi connectivity index (χ3n) is 3.78. The van der Waals surface area contributed by atoms with Crippen molar-refractivity contribution in [3.63, 3.8) is 0 Å². The molecule has 0 atom stereocenters. The average molecular weight is 352 g/mol. The van der Waals surface area contributed by atoms with Gasteiger partial charge in [0.1, 0.15) is 11.8 Å². The second kappa shape index (κ2) is 6.75. The first kappa shape index (κ1) is 16.7. The maximum Gasteiger partial charge on any atom is 0.276 e. The number of aryl methyl sites for hydroxylation is 1. The number of pyridine rings is 1. The normalized spacial score (nSPS) is 10.3. The maximum absolute atomic E-state index is 12.8. The van der Waals surface area contributed by atoms with E-state index in [0.717, 1.165) is 5.56 Å². The number of rotatable bonds is 3. The molecule has 0 bridgehead atoms. The Kier molecular flexibility index (Phi) is 4.50. The molecule has 0 saturated carbocycles. The minimum absolute atomic E-state index is 0.243. The van der Waals surface area contributed by atoms with Crippen molar-refractivity contribution in [1.82, 2.24) is 14.8 Å². The van der Waals surface area contributed by atoms with Gasteiger partial charge in [0, 0.05) is 30.9 Å². The lowest BCUT2D eigenvalue weighted by molar-refractivity contribution is 0.0984. The van der Waals surface area contributed by atoms with Crippen LogP contribution in [0.3, 0.4) is 0 Å². The van der Waals surface area contributed by atoms with Crippen LogP contribution in [-0.4, -0.2) is 27.7 Å². The fraction of sp³-hybridized carbons (Fsp3) is 0.111. The third-order valence-corrected chi connectivity index (χ3v) is 4.04. The predicted molar refractivity (Wildman–Crippen MR) is 95.3 cm³/mol. The minimum Gasteiger partial charge on any atom is -0.309 e. The van der Waals surface area contributed by atoms with Gasteiger partial charge in [-0.25, -0.2) is 0 Å². The standard InChI is InChI=1S/C18H14ClN5O/c1-23(15-7-12(9-20)10-21-11-15)18(25)17-8-16(22-24(17)2)13-3-5-14(19)6-4-13/h3-8,10-11H,1-2H3. The Balaban J connectivity index is 1.92. The molecular weight excluding hydrogens is 338 g/mol. The number of halogens is 1. The first-order valence-electron chi connectivity index (χ1n) is 7.43. The van der Waals surface area contributed by atoms with E-state index in [0.29, 0.717) is 27.7 Å². The molecule has 0 saturated heterocycles. The van der Waals surface area contributed by atoms with Gasteiger partial charge in [-0.3, -0.25) is 14.5 Å². The van der Waals surface area contributed by atoms with Gasteiger partial charge in [-0.15, -0.1) is 0 Å². The number of nitrogens with zero attached hydrogens (tertiary/aromatic N) is 5. The lowest BCUT2D eigenvalue weighted by Gasteiger charge is -2.16. The second-order valence-corrected chi connectivity index (χ2v) is 5.89. The SMILES string of the molecule is CN(C(=O)c1cc(-c2ccc(Cl)cc2)nn1C)c1cncc(C#N)c1. The monoisotopic (exact) mass is 351 g/mol. The zero-order valence-electron chi connectivity index (χ0n) is 13.6. The van der Waals surface area contributed by atoms with E-state index in [4.69, 9.17) is 16.9 Å². The summed E-state index contributed by atoms with van der Waals surface area (Å²) < 4.78 is 1.53. The molecule has 0 radical (unpaired) electrons. The summed E-state index contributed by atoms with van der Waals surface area (Å²) in [5.74, 6) is -0.243. The number of carbonyl (C=O) groups is 1. The van der Waals surface area contributed by atoms with Crippen LogP contribution in [-0.2, 0) is 7.05 Å². The number of aromatic nitrogens is 3. The molecule has 0 unspecified atom stereocenters. The average Bonchev–Trinajstić information content (AvgIpc) is 3.02. The highest BCUT2D eigenvalue weighted by Crippen LogP contribution is 2.23. The summed E-state index contributed by atoms with van der Waals surface area (Å²) in [7, 11) is 3.35. The third kappa shape index (κ3) is 3.37. The van der Waals surface area contributed by atoms with Crippen molar-refractivity contribution in [3.05, 3.63) is 65.1 Å². The summed E-state index contributed by atoms with van der Waals surface area (Å²) in [6.07, 6.45) is 2.99. The van der Waals surface area contributed by atoms with Crippen LogP contribution in [0, 0.1) is 11.3 Å². The highest BCUT2D eigenvalue weighted by Gasteiger charge is 2.19. The van der Waals surface area contributed by atoms with Crippen LogP contribution in [0.2, 0.25) is 5.02 Å². The van der Waals surface area contributed by atoms with Crippen LogP contribution in [0.4, 0.5) is 5.69 Å². The molecule has 2 heterocycles. The Bertz CT molecular complexity index is 972. The number of carbonyl (C=O) groups excluding carboxylic acids is 1. The van der Waals surface area contributed by atoms with E-state index in [9.17, 15) is 4.79 Å². The molecule has 0 aliphatic rings. The summed E-state index contributed by atoms with van der Waals surface area (Å²) in [4.78, 5) is 18.2. The van der Waals surface area contributed by atoms with E-state index in [1.165, 1.54) is 22.0 Å². The van der Waals surface area contributed by atoms with Crippen LogP contribution >= 0.6 is 11.6 Å². The van der Waals surface area contributed by atoms with Crippen LogP contribution in [0.25, 0.3) is 11.3 Å². The maximum atomic E-state index is 12.8. The summed E-state index contributed by atoms with van der Waals surface area (Å²) >= 11 is 5.90. The fourth-order valence-corrected chi connectivity index (χ4v) is 2.52. The van der Waals surface area contributed by atoms with E-state index in [1.54, 1.807) is 38.4 Å². The number of hydrogen-bond acceptors (Lipinski definition) is 4. The second-order valence-electron chi connectivity index (χ2n) is 5.45. The molecule has 6 nitrogen and oxygen atoms in total. The topological polar surface area (TPSA) is 74.8 Å². The first-order chi connectivity index (χ1) is 12.0. The van der Waals surface area contributed by atoms with E-state index in [1.807, 2.05) is 18.2 Å². The Hall–Kier alpha value is -3.17. The van der Waals surface area contributed by atoms with Gasteiger partial charge in [0.15, 0.2) is 0 Å². The largest absolute Gasteiger partial charge is 0.309 e. The number of anilines is 1. The number of benzene rings is 1. The highest BCUT2D eigenvalue weighted by atomic mass is 35.5. The van der Waals surface area contributed by atoms with Gasteiger partial charge in [-0.05, 0) is 24.3 Å². The lowest BCUT2D eigenvalue weighted by Crippen LogP contribution is -2.28. The van der Waals surface area contributed by atoms with Gasteiger partial charge in [0.2, 0.25) is 0 Å². The molecular formula is C18H14ClN5O. The van der Waals surface area contributed by atoms with Crippen molar-refractivity contribution >= 4 is 23.2 Å². The van der Waals surface area contributed by atoms with Gasteiger partial charge in [-0.2, -0.15) is 10.4 Å². The Labute approximate surface area is 149 Å². The molecule has 0 aliphatic carbocycles. The van der Waals surface area contributed by atoms with Crippen molar-refractivity contribution in [2.75, 3.05) is 11.9 Å². The number of hydrogen-bond donors (Lipinski definition) is 0. The molecule has 124 valence electrons. The summed E-state index contributed by atoms with van der Waals surface area (Å²) in [6.45, 7) is 0. The quantitative estimate of drug-likeness (QED) is 0.725. The zero-order valence-corrected chi connectivity index (χ0v) is 14.4. The number of nitriles is 1. The molecule has 0 spiro atoms. The summed E-state index contributed by atoms with van der Waals surface area (Å²) in [6, 6.07) is 12.6. The van der Waals surface area contributed by atoms with Crippen molar-refractivity contribution in [2.45, 2.75) is 0 Å². The molecule has 2 aromatic heterocycles. The molecule has 1 aromatic carbocycles. The molecule has 7 heteroatoms.